The molecule has 1 aromatic rings. The Balaban J connectivity index is 2.19. The van der Waals surface area contributed by atoms with E-state index in [1.165, 1.54) is 0 Å². The van der Waals surface area contributed by atoms with Gasteiger partial charge in [-0.2, -0.15) is 0 Å². The molecule has 1 N–H and O–H groups in total. The van der Waals surface area contributed by atoms with Crippen LogP contribution in [-0.4, -0.2) is 44.7 Å². The normalized spacial score (nSPS) is 10.7. The van der Waals surface area contributed by atoms with Gasteiger partial charge in [-0.25, -0.2) is 0 Å². The van der Waals surface area contributed by atoms with Crippen LogP contribution in [0.3, 0.4) is 0 Å². The average molecular weight is 463 g/mol. The van der Waals surface area contributed by atoms with Crippen LogP contribution in [0, 0.1) is 0 Å². The summed E-state index contributed by atoms with van der Waals surface area (Å²) in [5.74, 6) is 0.753. The van der Waals surface area contributed by atoms with E-state index in [2.05, 4.69) is 47.8 Å². The smallest absolute Gasteiger partial charge is 0.147 e. The van der Waals surface area contributed by atoms with E-state index in [0.717, 1.165) is 19.2 Å². The van der Waals surface area contributed by atoms with E-state index in [9.17, 15) is 0 Å². The van der Waals surface area contributed by atoms with Crippen molar-refractivity contribution in [3.63, 3.8) is 0 Å². The molecule has 108 valence electrons. The summed E-state index contributed by atoms with van der Waals surface area (Å²) >= 11 is 10.3. The fourth-order valence-corrected chi connectivity index (χ4v) is 3.74. The molecule has 1 rings (SSSR count). The Bertz CT molecular complexity index is 364. The van der Waals surface area contributed by atoms with Gasteiger partial charge in [-0.1, -0.05) is 15.9 Å². The minimum Gasteiger partial charge on any atom is -0.489 e. The number of ether oxygens (including phenoxy) is 3. The van der Waals surface area contributed by atoms with Crippen LogP contribution in [0.5, 0.6) is 5.75 Å². The number of rotatable bonds is 9. The number of hydrogen-bond acceptors (Lipinski definition) is 4. The Morgan fingerprint density at radius 3 is 1.95 bits per heavy atom. The highest BCUT2D eigenvalue weighted by molar-refractivity contribution is 9.11. The van der Waals surface area contributed by atoms with Crippen LogP contribution in [0.25, 0.3) is 0 Å². The molecule has 0 heterocycles. The Hall–Kier alpha value is 0.340. The van der Waals surface area contributed by atoms with Gasteiger partial charge in [-0.3, -0.25) is 0 Å². The van der Waals surface area contributed by atoms with Crippen molar-refractivity contribution in [2.24, 2.45) is 0 Å². The average Bonchev–Trinajstić information content (AvgIpc) is 2.35. The van der Waals surface area contributed by atoms with E-state index in [1.807, 2.05) is 12.1 Å². The van der Waals surface area contributed by atoms with Crippen LogP contribution in [0.2, 0.25) is 0 Å². The van der Waals surface area contributed by atoms with E-state index in [1.54, 1.807) is 0 Å². The molecule has 0 spiro atoms. The second kappa shape index (κ2) is 10.1. The number of aliphatic hydroxyl groups is 1. The van der Waals surface area contributed by atoms with Crippen LogP contribution >= 0.6 is 47.8 Å². The lowest BCUT2D eigenvalue weighted by Crippen LogP contribution is -2.12. The SMILES string of the molecule is OCCOCCOCCOc1c(Br)cc(Br)cc1Br. The third-order valence-electron chi connectivity index (χ3n) is 2.04. The summed E-state index contributed by atoms with van der Waals surface area (Å²) in [6, 6.07) is 3.84. The number of benzene rings is 1. The molecule has 0 aromatic heterocycles. The zero-order valence-electron chi connectivity index (χ0n) is 10.2. The van der Waals surface area contributed by atoms with Crippen LogP contribution < -0.4 is 4.74 Å². The molecule has 0 saturated heterocycles. The minimum atomic E-state index is 0.0364. The standard InChI is InChI=1S/C12H15Br3O4/c13-9-7-10(14)12(11(15)8-9)19-6-5-18-4-3-17-2-1-16/h7-8,16H,1-6H2. The van der Waals surface area contributed by atoms with Gasteiger partial charge in [0.1, 0.15) is 12.4 Å². The summed E-state index contributed by atoms with van der Waals surface area (Å²) in [4.78, 5) is 0. The first-order valence-corrected chi connectivity index (χ1v) is 8.06. The van der Waals surface area contributed by atoms with Gasteiger partial charge in [-0.15, -0.1) is 0 Å². The zero-order valence-corrected chi connectivity index (χ0v) is 15.0. The largest absolute Gasteiger partial charge is 0.489 e. The molecule has 4 nitrogen and oxygen atoms in total. The van der Waals surface area contributed by atoms with Crippen molar-refractivity contribution in [3.05, 3.63) is 25.6 Å². The van der Waals surface area contributed by atoms with Gasteiger partial charge >= 0.3 is 0 Å². The van der Waals surface area contributed by atoms with Crippen LogP contribution in [0.4, 0.5) is 0 Å². The quantitative estimate of drug-likeness (QED) is 0.572. The molecule has 1 aromatic carbocycles. The van der Waals surface area contributed by atoms with Gasteiger partial charge in [0.05, 0.1) is 42.0 Å². The number of hydrogen-bond donors (Lipinski definition) is 1. The Morgan fingerprint density at radius 1 is 0.842 bits per heavy atom. The molecule has 0 unspecified atom stereocenters. The maximum atomic E-state index is 8.51. The first kappa shape index (κ1) is 17.4. The van der Waals surface area contributed by atoms with Crippen molar-refractivity contribution in [3.8, 4) is 5.75 Å². The monoisotopic (exact) mass is 460 g/mol. The lowest BCUT2D eigenvalue weighted by Gasteiger charge is -2.11. The summed E-state index contributed by atoms with van der Waals surface area (Å²) in [6.07, 6.45) is 0. The third-order valence-corrected chi connectivity index (χ3v) is 3.68. The molecule has 0 radical (unpaired) electrons. The zero-order chi connectivity index (χ0) is 14.1. The third kappa shape index (κ3) is 7.06. The second-order valence-electron chi connectivity index (χ2n) is 3.50. The van der Waals surface area contributed by atoms with Crippen LogP contribution in [0.1, 0.15) is 0 Å². The van der Waals surface area contributed by atoms with Crippen LogP contribution in [-0.2, 0) is 9.47 Å². The molecule has 0 saturated carbocycles. The topological polar surface area (TPSA) is 47.9 Å². The highest BCUT2D eigenvalue weighted by Gasteiger charge is 2.07. The fraction of sp³-hybridized carbons (Fsp3) is 0.500. The maximum absolute atomic E-state index is 8.51. The minimum absolute atomic E-state index is 0.0364. The molecule has 0 atom stereocenters. The van der Waals surface area contributed by atoms with Gasteiger partial charge in [0, 0.05) is 4.47 Å². The van der Waals surface area contributed by atoms with E-state index in [0.29, 0.717) is 33.0 Å². The maximum Gasteiger partial charge on any atom is 0.147 e. The van der Waals surface area contributed by atoms with Gasteiger partial charge in [0.2, 0.25) is 0 Å². The van der Waals surface area contributed by atoms with Crippen molar-refractivity contribution in [2.45, 2.75) is 0 Å². The molecular weight excluding hydrogens is 448 g/mol. The van der Waals surface area contributed by atoms with Gasteiger partial charge in [0.25, 0.3) is 0 Å². The van der Waals surface area contributed by atoms with E-state index >= 15 is 0 Å². The Kier molecular flexibility index (Phi) is 9.27. The lowest BCUT2D eigenvalue weighted by molar-refractivity contribution is 0.0246. The Labute approximate surface area is 137 Å². The molecule has 0 fully saturated rings. The summed E-state index contributed by atoms with van der Waals surface area (Å²) < 4.78 is 18.7. The van der Waals surface area contributed by atoms with Gasteiger partial charge in [0.15, 0.2) is 0 Å². The van der Waals surface area contributed by atoms with Crippen molar-refractivity contribution < 1.29 is 19.3 Å². The molecule has 19 heavy (non-hydrogen) atoms. The van der Waals surface area contributed by atoms with E-state index in [-0.39, 0.29) is 6.61 Å². The highest BCUT2D eigenvalue weighted by Crippen LogP contribution is 2.36. The molecule has 0 aliphatic heterocycles. The van der Waals surface area contributed by atoms with E-state index in [4.69, 9.17) is 19.3 Å². The number of aliphatic hydroxyl groups excluding tert-OH is 1. The predicted octanol–water partition coefficient (Wildman–Crippen LogP) is 3.38. The van der Waals surface area contributed by atoms with Crippen molar-refractivity contribution in [2.75, 3.05) is 39.6 Å². The van der Waals surface area contributed by atoms with Gasteiger partial charge in [-0.05, 0) is 44.0 Å². The first-order chi connectivity index (χ1) is 9.15. The summed E-state index contributed by atoms with van der Waals surface area (Å²) in [6.45, 7) is 2.29. The van der Waals surface area contributed by atoms with E-state index < -0.39 is 0 Å². The molecule has 0 aliphatic carbocycles. The van der Waals surface area contributed by atoms with Crippen LogP contribution in [0.15, 0.2) is 25.6 Å². The number of halogens is 3. The van der Waals surface area contributed by atoms with Gasteiger partial charge < -0.3 is 19.3 Å². The summed E-state index contributed by atoms with van der Waals surface area (Å²) in [7, 11) is 0. The predicted molar refractivity (Wildman–Crippen MR) is 83.8 cm³/mol. The Morgan fingerprint density at radius 2 is 1.37 bits per heavy atom. The molecular formula is C12H15Br3O4. The van der Waals surface area contributed by atoms with Crippen molar-refractivity contribution in [1.82, 2.24) is 0 Å². The molecule has 0 bridgehead atoms. The van der Waals surface area contributed by atoms with Crippen molar-refractivity contribution in [1.29, 1.82) is 0 Å². The summed E-state index contributed by atoms with van der Waals surface area (Å²) in [5.41, 5.74) is 0. The molecule has 0 aliphatic rings. The highest BCUT2D eigenvalue weighted by atomic mass is 79.9. The first-order valence-electron chi connectivity index (χ1n) is 5.69. The lowest BCUT2D eigenvalue weighted by atomic mass is 10.3. The molecule has 7 heteroatoms. The van der Waals surface area contributed by atoms with Crippen molar-refractivity contribution >= 4 is 47.8 Å². The fourth-order valence-electron chi connectivity index (χ4n) is 1.26. The second-order valence-corrected chi connectivity index (χ2v) is 6.12. The molecule has 0 amide bonds. The summed E-state index contributed by atoms with van der Waals surface area (Å²) in [5, 5.41) is 8.51.